The van der Waals surface area contributed by atoms with Gasteiger partial charge in [0.1, 0.15) is 29.5 Å². The van der Waals surface area contributed by atoms with E-state index in [1.165, 1.54) is 6.33 Å². The molecule has 4 rings (SSSR count). The molecule has 0 aliphatic carbocycles. The fourth-order valence-electron chi connectivity index (χ4n) is 3.02. The monoisotopic (exact) mass is 339 g/mol. The van der Waals surface area contributed by atoms with Crippen LogP contribution in [0.25, 0.3) is 11.2 Å². The van der Waals surface area contributed by atoms with Crippen molar-refractivity contribution >= 4 is 29.3 Å². The minimum atomic E-state index is -0.878. The van der Waals surface area contributed by atoms with Crippen LogP contribution < -0.4 is 5.73 Å². The fraction of sp³-hybridized carbons (Fsp3) is 0.615. The summed E-state index contributed by atoms with van der Waals surface area (Å²) in [6, 6.07) is 0. The predicted octanol–water partition coefficient (Wildman–Crippen LogP) is 0.481. The number of nitrogens with zero attached hydrogens (tertiary/aromatic N) is 3. The highest BCUT2D eigenvalue weighted by Crippen LogP contribution is 2.38. The van der Waals surface area contributed by atoms with E-state index < -0.39 is 24.2 Å². The number of fused-ring (bicyclic) bond motifs is 2. The molecule has 2 fully saturated rings. The van der Waals surface area contributed by atoms with Crippen LogP contribution >= 0.6 is 12.2 Å². The number of nitrogens with two attached hydrogens (primary N) is 1. The summed E-state index contributed by atoms with van der Waals surface area (Å²) in [5, 5.41) is 10.6. The third kappa shape index (κ3) is 2.34. The molecule has 124 valence electrons. The van der Waals surface area contributed by atoms with E-state index in [-0.39, 0.29) is 12.1 Å². The van der Waals surface area contributed by atoms with Gasteiger partial charge in [0.25, 0.3) is 0 Å². The molecule has 2 aromatic rings. The summed E-state index contributed by atoms with van der Waals surface area (Å²) in [6.45, 7) is 3.95. The Labute approximate surface area is 136 Å². The Morgan fingerprint density at radius 3 is 3.09 bits per heavy atom. The molecule has 9 nitrogen and oxygen atoms in total. The molecule has 2 aliphatic rings. The highest BCUT2D eigenvalue weighted by atomic mass is 32.1. The zero-order valence-corrected chi connectivity index (χ0v) is 13.4. The lowest BCUT2D eigenvalue weighted by atomic mass is 10.1. The number of aromatic amines is 1. The molecule has 2 saturated heterocycles. The van der Waals surface area contributed by atoms with Gasteiger partial charge in [-0.15, -0.1) is 0 Å². The zero-order chi connectivity index (χ0) is 16.4. The smallest absolute Gasteiger partial charge is 0.200 e. The third-order valence-electron chi connectivity index (χ3n) is 4.06. The second-order valence-corrected chi connectivity index (χ2v) is 6.51. The number of ether oxygens (including phenoxy) is 3. The summed E-state index contributed by atoms with van der Waals surface area (Å²) in [5.41, 5.74) is 6.76. The van der Waals surface area contributed by atoms with E-state index in [1.807, 2.05) is 0 Å². The lowest BCUT2D eigenvalue weighted by Gasteiger charge is -2.37. The van der Waals surface area contributed by atoms with E-state index in [1.54, 1.807) is 18.4 Å². The highest BCUT2D eigenvalue weighted by molar-refractivity contribution is 7.71. The van der Waals surface area contributed by atoms with Crippen LogP contribution in [0, 0.1) is 4.64 Å². The Hall–Kier alpha value is -1.59. The first-order chi connectivity index (χ1) is 10.9. The van der Waals surface area contributed by atoms with Gasteiger partial charge in [0.2, 0.25) is 0 Å². The molecule has 2 aromatic heterocycles. The topological polar surface area (TPSA) is 120 Å². The van der Waals surface area contributed by atoms with Gasteiger partial charge >= 0.3 is 0 Å². The van der Waals surface area contributed by atoms with E-state index in [9.17, 15) is 5.11 Å². The summed E-state index contributed by atoms with van der Waals surface area (Å²) >= 11 is 5.16. The highest BCUT2D eigenvalue weighted by Gasteiger charge is 2.51. The normalized spacial score (nSPS) is 33.0. The Bertz CT molecular complexity index is 818. The zero-order valence-electron chi connectivity index (χ0n) is 12.6. The SMILES string of the molecule is CC1(C)OC[C@H]2O[C@@H](n3cnc4c(=S)nc(N)[nH]c43)[C@H](O)[C@H]2O1. The number of aliphatic hydroxyl groups excluding tert-OH is 1. The number of aliphatic hydroxyl groups is 1. The third-order valence-corrected chi connectivity index (χ3v) is 4.35. The van der Waals surface area contributed by atoms with E-state index >= 15 is 0 Å². The van der Waals surface area contributed by atoms with Gasteiger partial charge in [-0.1, -0.05) is 12.2 Å². The maximum Gasteiger partial charge on any atom is 0.200 e. The molecular formula is C13H17N5O4S. The molecule has 0 unspecified atom stereocenters. The summed E-state index contributed by atoms with van der Waals surface area (Å²) in [6.07, 6.45) is -0.863. The molecule has 2 aliphatic heterocycles. The van der Waals surface area contributed by atoms with Crippen LogP contribution in [0.3, 0.4) is 0 Å². The van der Waals surface area contributed by atoms with Crippen LogP contribution in [-0.2, 0) is 14.2 Å². The van der Waals surface area contributed by atoms with E-state index in [2.05, 4.69) is 15.0 Å². The predicted molar refractivity (Wildman–Crippen MR) is 81.9 cm³/mol. The van der Waals surface area contributed by atoms with E-state index in [0.29, 0.717) is 22.4 Å². The molecule has 0 aromatic carbocycles. The lowest BCUT2D eigenvalue weighted by Crippen LogP contribution is -2.50. The quantitative estimate of drug-likeness (QED) is 0.642. The standard InChI is InChI=1S/C13H17N5O4S/c1-13(2)20-3-5-8(22-13)7(19)11(21-5)18-4-15-6-9(18)16-12(14)17-10(6)23/h4-5,7-8,11,19H,3H2,1-2H3,(H3,14,16,17,23)/t5-,7-,8+,11-/m1/s1. The Balaban J connectivity index is 1.73. The van der Waals surface area contributed by atoms with Crippen LogP contribution in [0.1, 0.15) is 20.1 Å². The van der Waals surface area contributed by atoms with Gasteiger partial charge in [0.05, 0.1) is 12.9 Å². The molecule has 4 heterocycles. The Kier molecular flexibility index (Phi) is 3.22. The van der Waals surface area contributed by atoms with Crippen molar-refractivity contribution in [1.82, 2.24) is 19.5 Å². The van der Waals surface area contributed by atoms with Gasteiger partial charge < -0.3 is 30.0 Å². The summed E-state index contributed by atoms with van der Waals surface area (Å²) in [7, 11) is 0. The van der Waals surface area contributed by atoms with E-state index in [0.717, 1.165) is 0 Å². The minimum Gasteiger partial charge on any atom is -0.386 e. The molecule has 4 atom stereocenters. The maximum atomic E-state index is 10.6. The molecule has 10 heteroatoms. The van der Waals surface area contributed by atoms with Crippen molar-refractivity contribution in [2.24, 2.45) is 0 Å². The number of hydrogen-bond donors (Lipinski definition) is 3. The van der Waals surface area contributed by atoms with Crippen molar-refractivity contribution < 1.29 is 19.3 Å². The van der Waals surface area contributed by atoms with Gasteiger partial charge in [-0.3, -0.25) is 4.57 Å². The van der Waals surface area contributed by atoms with Gasteiger partial charge in [-0.2, -0.15) is 0 Å². The summed E-state index contributed by atoms with van der Waals surface area (Å²) in [5.74, 6) is -0.582. The first kappa shape index (κ1) is 15.0. The van der Waals surface area contributed by atoms with Crippen molar-refractivity contribution in [2.75, 3.05) is 12.3 Å². The molecule has 0 spiro atoms. The number of nitrogen functional groups attached to an aromatic ring is 1. The molecule has 0 radical (unpaired) electrons. The van der Waals surface area contributed by atoms with Gasteiger partial charge in [0.15, 0.2) is 22.6 Å². The summed E-state index contributed by atoms with van der Waals surface area (Å²) < 4.78 is 19.2. The van der Waals surface area contributed by atoms with Crippen LogP contribution in [0.5, 0.6) is 0 Å². The van der Waals surface area contributed by atoms with E-state index in [4.69, 9.17) is 32.2 Å². The van der Waals surface area contributed by atoms with Gasteiger partial charge in [-0.05, 0) is 13.8 Å². The van der Waals surface area contributed by atoms with Gasteiger partial charge in [-0.25, -0.2) is 9.97 Å². The summed E-state index contributed by atoms with van der Waals surface area (Å²) in [4.78, 5) is 11.1. The number of hydrogen-bond acceptors (Lipinski definition) is 8. The maximum absolute atomic E-state index is 10.6. The molecule has 0 amide bonds. The number of nitrogens with one attached hydrogen (secondary N) is 1. The second-order valence-electron chi connectivity index (χ2n) is 6.13. The molecular weight excluding hydrogens is 322 g/mol. The van der Waals surface area contributed by atoms with Crippen LogP contribution in [0.2, 0.25) is 0 Å². The molecule has 23 heavy (non-hydrogen) atoms. The average Bonchev–Trinajstić information content (AvgIpc) is 3.00. The van der Waals surface area contributed by atoms with Crippen LogP contribution in [0.15, 0.2) is 6.33 Å². The Morgan fingerprint density at radius 1 is 1.52 bits per heavy atom. The Morgan fingerprint density at radius 2 is 2.30 bits per heavy atom. The lowest BCUT2D eigenvalue weighted by molar-refractivity contribution is -0.300. The number of aromatic nitrogens is 4. The second kappa shape index (κ2) is 4.95. The molecule has 0 saturated carbocycles. The first-order valence-corrected chi connectivity index (χ1v) is 7.64. The number of imidazole rings is 1. The first-order valence-electron chi connectivity index (χ1n) is 7.23. The van der Waals surface area contributed by atoms with Crippen molar-refractivity contribution in [3.05, 3.63) is 11.0 Å². The number of rotatable bonds is 1. The minimum absolute atomic E-state index is 0.176. The molecule has 4 N–H and O–H groups in total. The van der Waals surface area contributed by atoms with Crippen molar-refractivity contribution in [3.63, 3.8) is 0 Å². The number of anilines is 1. The van der Waals surface area contributed by atoms with Gasteiger partial charge in [0, 0.05) is 0 Å². The average molecular weight is 339 g/mol. The number of H-pyrrole nitrogens is 1. The van der Waals surface area contributed by atoms with Crippen LogP contribution in [0.4, 0.5) is 5.95 Å². The largest absolute Gasteiger partial charge is 0.386 e. The van der Waals surface area contributed by atoms with Crippen LogP contribution in [-0.4, -0.2) is 55.3 Å². The van der Waals surface area contributed by atoms with Crippen molar-refractivity contribution in [2.45, 2.75) is 44.2 Å². The van der Waals surface area contributed by atoms with Crippen molar-refractivity contribution in [1.29, 1.82) is 0 Å². The van der Waals surface area contributed by atoms with Crippen molar-refractivity contribution in [3.8, 4) is 0 Å². The molecule has 0 bridgehead atoms. The fourth-order valence-corrected chi connectivity index (χ4v) is 3.27.